The van der Waals surface area contributed by atoms with Crippen LogP contribution in [0.2, 0.25) is 0 Å². The van der Waals surface area contributed by atoms with Crippen LogP contribution in [0, 0.1) is 0 Å². The zero-order chi connectivity index (χ0) is 25.8. The van der Waals surface area contributed by atoms with Gasteiger partial charge in [-0.2, -0.15) is 19.1 Å². The molecule has 190 valence electrons. The zero-order valence-corrected chi connectivity index (χ0v) is 19.6. The number of benzene rings is 2. The number of nitrogens with one attached hydrogen (secondary N) is 3. The second-order valence-corrected chi connectivity index (χ2v) is 7.62. The molecule has 3 rings (SSSR count). The SMILES string of the molecule is CC.NO/C(=C\[NH2+]C1CCC1)NC(=O)Nc1cc(NC(=O)Cc2ccccc2)cc(C(F)(F)F)c1. The number of halogens is 3. The maximum Gasteiger partial charge on any atom is 0.416 e. The summed E-state index contributed by atoms with van der Waals surface area (Å²) in [4.78, 5) is 29.2. The van der Waals surface area contributed by atoms with Crippen LogP contribution in [0.3, 0.4) is 0 Å². The molecule has 8 nitrogen and oxygen atoms in total. The molecule has 7 N–H and O–H groups in total. The van der Waals surface area contributed by atoms with Crippen molar-refractivity contribution in [2.75, 3.05) is 10.6 Å². The molecular weight excluding hydrogens is 463 g/mol. The second-order valence-electron chi connectivity index (χ2n) is 7.62. The molecule has 11 heteroatoms. The van der Waals surface area contributed by atoms with Gasteiger partial charge in [0, 0.05) is 11.4 Å². The van der Waals surface area contributed by atoms with Crippen LogP contribution in [0.15, 0.2) is 60.6 Å². The van der Waals surface area contributed by atoms with Gasteiger partial charge < -0.3 is 20.8 Å². The summed E-state index contributed by atoms with van der Waals surface area (Å²) in [6.45, 7) is 4.00. The summed E-state index contributed by atoms with van der Waals surface area (Å²) < 4.78 is 40.1. The van der Waals surface area contributed by atoms with E-state index in [-0.39, 0.29) is 23.7 Å². The molecule has 1 saturated carbocycles. The quantitative estimate of drug-likeness (QED) is 0.283. The van der Waals surface area contributed by atoms with E-state index in [4.69, 9.17) is 5.90 Å². The van der Waals surface area contributed by atoms with Gasteiger partial charge in [-0.05, 0) is 43.0 Å². The summed E-state index contributed by atoms with van der Waals surface area (Å²) in [5.41, 5.74) is -0.596. The van der Waals surface area contributed by atoms with E-state index < -0.39 is 23.7 Å². The van der Waals surface area contributed by atoms with Gasteiger partial charge in [-0.15, -0.1) is 0 Å². The number of urea groups is 1. The van der Waals surface area contributed by atoms with Crippen molar-refractivity contribution in [3.63, 3.8) is 0 Å². The van der Waals surface area contributed by atoms with Gasteiger partial charge in [0.2, 0.25) is 5.91 Å². The highest BCUT2D eigenvalue weighted by Crippen LogP contribution is 2.33. The van der Waals surface area contributed by atoms with Crippen LogP contribution < -0.4 is 27.2 Å². The lowest BCUT2D eigenvalue weighted by molar-refractivity contribution is -0.639. The average molecular weight is 495 g/mol. The van der Waals surface area contributed by atoms with Crippen LogP contribution >= 0.6 is 0 Å². The molecule has 3 amide bonds. The minimum atomic E-state index is -4.68. The number of rotatable bonds is 8. The first kappa shape index (κ1) is 27.7. The van der Waals surface area contributed by atoms with Crippen molar-refractivity contribution in [3.05, 3.63) is 71.7 Å². The molecule has 1 aliphatic rings. The molecule has 1 fully saturated rings. The summed E-state index contributed by atoms with van der Waals surface area (Å²) in [5.74, 6) is 4.61. The van der Waals surface area contributed by atoms with Crippen LogP contribution in [0.5, 0.6) is 0 Å². The van der Waals surface area contributed by atoms with E-state index in [1.165, 1.54) is 12.3 Å². The van der Waals surface area contributed by atoms with Gasteiger partial charge in [0.05, 0.1) is 18.0 Å². The second kappa shape index (κ2) is 13.4. The van der Waals surface area contributed by atoms with Crippen molar-refractivity contribution >= 4 is 23.3 Å². The lowest BCUT2D eigenvalue weighted by Gasteiger charge is -2.21. The molecule has 0 bridgehead atoms. The molecule has 0 aliphatic heterocycles. The van der Waals surface area contributed by atoms with E-state index in [1.807, 2.05) is 19.2 Å². The highest BCUT2D eigenvalue weighted by atomic mass is 19.4. The average Bonchev–Trinajstić information content (AvgIpc) is 2.78. The summed E-state index contributed by atoms with van der Waals surface area (Å²) in [5, 5.41) is 8.93. The first-order chi connectivity index (χ1) is 16.7. The lowest BCUT2D eigenvalue weighted by Crippen LogP contribution is -2.86. The molecule has 0 spiro atoms. The number of hydrogen-bond donors (Lipinski definition) is 5. The number of nitrogens with two attached hydrogens (primary N) is 2. The van der Waals surface area contributed by atoms with Gasteiger partial charge in [0.15, 0.2) is 6.20 Å². The predicted molar refractivity (Wildman–Crippen MR) is 127 cm³/mol. The third kappa shape index (κ3) is 9.30. The third-order valence-corrected chi connectivity index (χ3v) is 5.04. The largest absolute Gasteiger partial charge is 0.416 e. The van der Waals surface area contributed by atoms with E-state index >= 15 is 0 Å². The fourth-order valence-corrected chi connectivity index (χ4v) is 3.16. The Balaban J connectivity index is 0.00000210. The van der Waals surface area contributed by atoms with E-state index in [1.54, 1.807) is 30.3 Å². The molecule has 0 saturated heterocycles. The summed E-state index contributed by atoms with van der Waals surface area (Å²) >= 11 is 0. The highest BCUT2D eigenvalue weighted by molar-refractivity contribution is 5.95. The van der Waals surface area contributed by atoms with Crippen LogP contribution in [0.4, 0.5) is 29.3 Å². The lowest BCUT2D eigenvalue weighted by atomic mass is 9.93. The Morgan fingerprint density at radius 3 is 2.26 bits per heavy atom. The van der Waals surface area contributed by atoms with E-state index in [2.05, 4.69) is 20.8 Å². The van der Waals surface area contributed by atoms with Crippen molar-refractivity contribution < 1.29 is 32.9 Å². The van der Waals surface area contributed by atoms with Gasteiger partial charge >= 0.3 is 12.2 Å². The number of quaternary nitrogens is 1. The minimum Gasteiger partial charge on any atom is -0.387 e. The first-order valence-corrected chi connectivity index (χ1v) is 11.3. The Morgan fingerprint density at radius 1 is 1.09 bits per heavy atom. The number of carbonyl (C=O) groups is 2. The van der Waals surface area contributed by atoms with Gasteiger partial charge in [-0.25, -0.2) is 4.79 Å². The maximum atomic E-state index is 13.4. The van der Waals surface area contributed by atoms with Gasteiger partial charge in [0.25, 0.3) is 5.88 Å². The number of hydrogen-bond acceptors (Lipinski definition) is 4. The molecule has 0 unspecified atom stereocenters. The van der Waals surface area contributed by atoms with E-state index in [0.29, 0.717) is 11.6 Å². The number of alkyl halides is 3. The van der Waals surface area contributed by atoms with Gasteiger partial charge in [-0.1, -0.05) is 44.2 Å². The van der Waals surface area contributed by atoms with Gasteiger partial charge in [0.1, 0.15) is 0 Å². The molecule has 0 atom stereocenters. The number of amides is 3. The Kier molecular flexibility index (Phi) is 10.6. The Hall–Kier alpha value is -3.57. The molecule has 2 aromatic carbocycles. The smallest absolute Gasteiger partial charge is 0.387 e. The van der Waals surface area contributed by atoms with Crippen LogP contribution in [0.1, 0.15) is 44.2 Å². The Morgan fingerprint density at radius 2 is 1.71 bits per heavy atom. The molecule has 1 aliphatic carbocycles. The fourth-order valence-electron chi connectivity index (χ4n) is 3.16. The highest BCUT2D eigenvalue weighted by Gasteiger charge is 2.31. The molecular formula is C24H31F3N5O3+. The molecule has 35 heavy (non-hydrogen) atoms. The third-order valence-electron chi connectivity index (χ3n) is 5.04. The Bertz CT molecular complexity index is 1010. The zero-order valence-electron chi connectivity index (χ0n) is 19.6. The van der Waals surface area contributed by atoms with E-state index in [9.17, 15) is 22.8 Å². The van der Waals surface area contributed by atoms with Gasteiger partial charge in [-0.3, -0.25) is 10.1 Å². The molecule has 0 radical (unpaired) electrons. The summed E-state index contributed by atoms with van der Waals surface area (Å²) in [6.07, 6.45) is -0.00452. The normalized spacial score (nSPS) is 13.6. The van der Waals surface area contributed by atoms with Crippen molar-refractivity contribution in [1.82, 2.24) is 5.32 Å². The van der Waals surface area contributed by atoms with E-state index in [0.717, 1.165) is 31.4 Å². The molecule has 0 aromatic heterocycles. The van der Waals surface area contributed by atoms with Crippen molar-refractivity contribution in [1.29, 1.82) is 0 Å². The standard InChI is InChI=1S/C22H24F3N5O3.C2H6/c23-22(24,25)15-10-17(28-19(31)9-14-5-2-1-3-6-14)12-18(11-15)29-21(32)30-20(33-26)13-27-16-7-4-8-16;1-2/h1-3,5-6,10-13,16,27H,4,7-9,26H2,(H,28,31)(H2,29,30,32);1-2H3/p+1/b20-13-;. The van der Waals surface area contributed by atoms with Crippen LogP contribution in [-0.2, 0) is 22.2 Å². The summed E-state index contributed by atoms with van der Waals surface area (Å²) in [7, 11) is 0. The van der Waals surface area contributed by atoms with Crippen LogP contribution in [0.25, 0.3) is 0 Å². The fraction of sp³-hybridized carbons (Fsp3) is 0.333. The minimum absolute atomic E-state index is 0.0141. The number of carbonyl (C=O) groups excluding carboxylic acids is 2. The topological polar surface area (TPSA) is 122 Å². The van der Waals surface area contributed by atoms with Crippen molar-refractivity contribution in [2.45, 2.75) is 51.7 Å². The molecule has 2 aromatic rings. The van der Waals surface area contributed by atoms with Crippen molar-refractivity contribution in [2.24, 2.45) is 5.90 Å². The number of anilines is 2. The summed E-state index contributed by atoms with van der Waals surface area (Å²) in [6, 6.07) is 11.1. The first-order valence-electron chi connectivity index (χ1n) is 11.3. The van der Waals surface area contributed by atoms with Crippen molar-refractivity contribution in [3.8, 4) is 0 Å². The molecule has 0 heterocycles. The predicted octanol–water partition coefficient (Wildman–Crippen LogP) is 3.84. The Labute approximate surface area is 202 Å². The monoisotopic (exact) mass is 494 g/mol. The van der Waals surface area contributed by atoms with Crippen LogP contribution in [-0.4, -0.2) is 18.0 Å². The maximum absolute atomic E-state index is 13.4.